The number of carbonyl (C=O) groups is 3. The van der Waals surface area contributed by atoms with Gasteiger partial charge >= 0.3 is 0 Å². The molecule has 48 heavy (non-hydrogen) atoms. The number of carbonyl (C=O) groups excluding carboxylic acids is 2. The molecule has 5 rings (SSSR count). The molecule has 2 saturated heterocycles. The van der Waals surface area contributed by atoms with Gasteiger partial charge in [0.1, 0.15) is 6.07 Å². The van der Waals surface area contributed by atoms with E-state index in [1.165, 1.54) is 61.8 Å². The molecule has 5 N–H and O–H groups in total. The topological polar surface area (TPSA) is 182 Å². The number of nitrogens with one attached hydrogen (secondary N) is 3. The van der Waals surface area contributed by atoms with Crippen molar-refractivity contribution in [3.63, 3.8) is 0 Å². The minimum Gasteiger partial charge on any atom is -0.483 e. The number of aromatic nitrogens is 2. The summed E-state index contributed by atoms with van der Waals surface area (Å²) in [7, 11) is 2.48. The first-order valence-corrected chi connectivity index (χ1v) is 15.4. The Labute approximate surface area is 282 Å². The lowest BCUT2D eigenvalue weighted by molar-refractivity contribution is -0.122. The fourth-order valence-corrected chi connectivity index (χ4v) is 5.10. The van der Waals surface area contributed by atoms with Gasteiger partial charge in [-0.1, -0.05) is 18.0 Å². The summed E-state index contributed by atoms with van der Waals surface area (Å²) in [5.74, 6) is -3.71. The highest BCUT2D eigenvalue weighted by molar-refractivity contribution is 6.34. The number of rotatable bonds is 6. The third kappa shape index (κ3) is 11.0. The number of hydrogen-bond donors (Lipinski definition) is 5. The zero-order valence-electron chi connectivity index (χ0n) is 26.9. The molecule has 2 aromatic carbocycles. The number of aliphatic hydroxyl groups excluding tert-OH is 1. The van der Waals surface area contributed by atoms with Crippen molar-refractivity contribution in [2.45, 2.75) is 32.2 Å². The third-order valence-corrected chi connectivity index (χ3v) is 7.54. The minimum atomic E-state index is -1.25. The molecule has 2 amide bonds. The summed E-state index contributed by atoms with van der Waals surface area (Å²) in [5.41, 5.74) is 0.682. The number of carboxylic acid groups (broad SMARTS) is 1. The molecule has 13 nitrogen and oxygen atoms in total. The van der Waals surface area contributed by atoms with Crippen molar-refractivity contribution in [2.24, 2.45) is 7.05 Å². The number of halogens is 3. The van der Waals surface area contributed by atoms with Crippen molar-refractivity contribution in [1.82, 2.24) is 25.1 Å². The predicted octanol–water partition coefficient (Wildman–Crippen LogP) is 3.68. The Kier molecular flexibility index (Phi) is 17.0. The van der Waals surface area contributed by atoms with Gasteiger partial charge in [-0.25, -0.2) is 9.37 Å². The highest BCUT2D eigenvalue weighted by Gasteiger charge is 2.23. The van der Waals surface area contributed by atoms with E-state index in [1.807, 2.05) is 0 Å². The Hall–Kier alpha value is -4.62. The standard InChI is InChI=1S/C24H21ClF2N6O3.C6H13N.CH2O2.CH4O/c1-32-18(16-4-5-19(36-11-6-28)21(27)20(16)26)13-30-22(32)23(34)31-14-2-3-15(17(25)12-14)24(35)33-9-7-29-8-10-33;1-6-4-2-3-5-7-6;2-1-3;1-2/h2-5,12-13,29H,7-11H2,1H3,(H,31,34);6-7H,2-5H2,1H3;1H,(H,2,3);2H,1H3/t;6-;;/m.1../s1. The molecule has 3 heterocycles. The van der Waals surface area contributed by atoms with E-state index in [1.54, 1.807) is 23.1 Å². The molecule has 2 aliphatic heterocycles. The summed E-state index contributed by atoms with van der Waals surface area (Å²) in [6, 6.07) is 9.50. The van der Waals surface area contributed by atoms with Crippen LogP contribution in [0.1, 0.15) is 47.2 Å². The molecule has 1 atom stereocenters. The monoisotopic (exact) mass is 691 g/mol. The highest BCUT2D eigenvalue weighted by Crippen LogP contribution is 2.30. The smallest absolute Gasteiger partial charge is 0.291 e. The van der Waals surface area contributed by atoms with E-state index >= 15 is 0 Å². The van der Waals surface area contributed by atoms with Crippen LogP contribution < -0.4 is 20.7 Å². The molecule has 0 bridgehead atoms. The molecule has 3 aromatic rings. The summed E-state index contributed by atoms with van der Waals surface area (Å²) in [4.78, 5) is 39.7. The summed E-state index contributed by atoms with van der Waals surface area (Å²) in [5, 5.41) is 31.8. The maximum absolute atomic E-state index is 14.7. The van der Waals surface area contributed by atoms with Crippen molar-refractivity contribution >= 4 is 35.6 Å². The van der Waals surface area contributed by atoms with Gasteiger partial charge < -0.3 is 40.4 Å². The number of aliphatic hydroxyl groups is 1. The zero-order valence-corrected chi connectivity index (χ0v) is 27.7. The summed E-state index contributed by atoms with van der Waals surface area (Å²) in [6.07, 6.45) is 5.42. The Balaban J connectivity index is 0.000000570. The first-order valence-electron chi connectivity index (χ1n) is 15.0. The van der Waals surface area contributed by atoms with Gasteiger partial charge in [0.15, 0.2) is 24.0 Å². The predicted molar refractivity (Wildman–Crippen MR) is 176 cm³/mol. The largest absolute Gasteiger partial charge is 0.483 e. The number of nitrogens with zero attached hydrogens (tertiary/aromatic N) is 4. The number of benzene rings is 2. The average molecular weight is 692 g/mol. The van der Waals surface area contributed by atoms with Crippen molar-refractivity contribution in [3.05, 3.63) is 64.6 Å². The first-order chi connectivity index (χ1) is 23.1. The Morgan fingerprint density at radius 1 is 1.17 bits per heavy atom. The maximum Gasteiger partial charge on any atom is 0.291 e. The van der Waals surface area contributed by atoms with Gasteiger partial charge in [0.2, 0.25) is 5.82 Å². The lowest BCUT2D eigenvalue weighted by atomic mass is 10.1. The van der Waals surface area contributed by atoms with Crippen molar-refractivity contribution < 1.29 is 38.1 Å². The second kappa shape index (κ2) is 20.6. The van der Waals surface area contributed by atoms with Gasteiger partial charge in [0, 0.05) is 57.6 Å². The number of imidazole rings is 1. The van der Waals surface area contributed by atoms with Crippen molar-refractivity contribution in [2.75, 3.05) is 51.8 Å². The molecular formula is C32H40ClF2N7O6. The second-order valence-electron chi connectivity index (χ2n) is 10.4. The molecule has 2 fully saturated rings. The van der Waals surface area contributed by atoms with E-state index in [4.69, 9.17) is 36.6 Å². The maximum atomic E-state index is 14.7. The molecule has 0 unspecified atom stereocenters. The van der Waals surface area contributed by atoms with Gasteiger partial charge in [-0.3, -0.25) is 14.4 Å². The molecule has 0 spiro atoms. The van der Waals surface area contributed by atoms with Crippen molar-refractivity contribution in [3.8, 4) is 23.1 Å². The van der Waals surface area contributed by atoms with Crippen molar-refractivity contribution in [1.29, 1.82) is 5.26 Å². The third-order valence-electron chi connectivity index (χ3n) is 7.22. The van der Waals surface area contributed by atoms with Crippen LogP contribution in [-0.2, 0) is 11.8 Å². The van der Waals surface area contributed by atoms with Crippen LogP contribution in [0.5, 0.6) is 5.75 Å². The van der Waals surface area contributed by atoms with E-state index in [0.29, 0.717) is 37.4 Å². The van der Waals surface area contributed by atoms with Crippen LogP contribution in [-0.4, -0.2) is 95.4 Å². The van der Waals surface area contributed by atoms with E-state index in [2.05, 4.69) is 27.9 Å². The molecule has 16 heteroatoms. The van der Waals surface area contributed by atoms with Gasteiger partial charge in [0.05, 0.1) is 22.5 Å². The zero-order chi connectivity index (χ0) is 35.6. The summed E-state index contributed by atoms with van der Waals surface area (Å²) < 4.78 is 35.2. The molecule has 0 radical (unpaired) electrons. The number of nitriles is 1. The summed E-state index contributed by atoms with van der Waals surface area (Å²) in [6.45, 7) is 5.38. The Bertz CT molecular complexity index is 1550. The normalized spacial score (nSPS) is 15.1. The van der Waals surface area contributed by atoms with E-state index in [-0.39, 0.29) is 34.5 Å². The number of hydrogen-bond acceptors (Lipinski definition) is 9. The number of anilines is 1. The van der Waals surface area contributed by atoms with Crippen LogP contribution in [0.4, 0.5) is 14.5 Å². The molecule has 2 aliphatic rings. The average Bonchev–Trinajstić information content (AvgIpc) is 3.48. The number of ether oxygens (including phenoxy) is 1. The van der Waals surface area contributed by atoms with Crippen LogP contribution >= 0.6 is 11.6 Å². The van der Waals surface area contributed by atoms with Gasteiger partial charge in [-0.2, -0.15) is 9.65 Å². The molecular weight excluding hydrogens is 652 g/mol. The number of piperazine rings is 1. The quantitative estimate of drug-likeness (QED) is 0.239. The molecule has 1 aromatic heterocycles. The Morgan fingerprint density at radius 3 is 2.42 bits per heavy atom. The highest BCUT2D eigenvalue weighted by atomic mass is 35.5. The van der Waals surface area contributed by atoms with Gasteiger partial charge in [0.25, 0.3) is 18.3 Å². The second-order valence-corrected chi connectivity index (χ2v) is 10.8. The fraction of sp³-hybridized carbons (Fsp3) is 0.406. The van der Waals surface area contributed by atoms with Crippen LogP contribution in [0.3, 0.4) is 0 Å². The number of piperidine rings is 1. The van der Waals surface area contributed by atoms with Crippen LogP contribution in [0, 0.1) is 23.0 Å². The molecule has 0 saturated carbocycles. The van der Waals surface area contributed by atoms with Crippen LogP contribution in [0.2, 0.25) is 5.02 Å². The van der Waals surface area contributed by atoms with Gasteiger partial charge in [-0.15, -0.1) is 0 Å². The lowest BCUT2D eigenvalue weighted by Crippen LogP contribution is -2.46. The molecule has 260 valence electrons. The molecule has 0 aliphatic carbocycles. The van der Waals surface area contributed by atoms with E-state index in [0.717, 1.165) is 13.2 Å². The van der Waals surface area contributed by atoms with Crippen LogP contribution in [0.15, 0.2) is 36.5 Å². The van der Waals surface area contributed by atoms with Gasteiger partial charge in [-0.05, 0) is 56.6 Å². The van der Waals surface area contributed by atoms with Crippen LogP contribution in [0.25, 0.3) is 11.3 Å². The summed E-state index contributed by atoms with van der Waals surface area (Å²) >= 11 is 6.32. The first kappa shape index (κ1) is 39.6. The number of amides is 2. The van der Waals surface area contributed by atoms with E-state index in [9.17, 15) is 18.4 Å². The SMILES string of the molecule is CO.C[C@@H]1CCCCN1.Cn1c(-c2ccc(OCC#N)c(F)c2F)cnc1C(=O)Nc1ccc(C(=O)N2CCNCC2)c(Cl)c1.O=CO. The lowest BCUT2D eigenvalue weighted by Gasteiger charge is -2.27. The fourth-order valence-electron chi connectivity index (χ4n) is 4.84. The Morgan fingerprint density at radius 2 is 1.85 bits per heavy atom. The minimum absolute atomic E-state index is 0.0632. The van der Waals surface area contributed by atoms with E-state index < -0.39 is 29.9 Å².